The quantitative estimate of drug-likeness (QED) is 0.612. The van der Waals surface area contributed by atoms with Crippen LogP contribution < -0.4 is 0 Å². The maximum Gasteiger partial charge on any atom is 0.135 e. The van der Waals surface area contributed by atoms with E-state index in [9.17, 15) is 0 Å². The molecule has 1 aromatic carbocycles. The summed E-state index contributed by atoms with van der Waals surface area (Å²) in [6.07, 6.45) is 1.50. The molecule has 0 radical (unpaired) electrons. The Kier molecular flexibility index (Phi) is 1.55. The fraction of sp³-hybridized carbons (Fsp3) is 0. The summed E-state index contributed by atoms with van der Waals surface area (Å²) in [5.41, 5.74) is 0.763. The van der Waals surface area contributed by atoms with Crippen LogP contribution >= 0.6 is 23.2 Å². The monoisotopic (exact) mass is 186 g/mol. The second-order valence-electron chi connectivity index (χ2n) is 2.22. The van der Waals surface area contributed by atoms with Crippen LogP contribution in [0.15, 0.2) is 28.9 Å². The first kappa shape index (κ1) is 7.01. The summed E-state index contributed by atoms with van der Waals surface area (Å²) in [4.78, 5) is 0. The standard InChI is InChI=1S/C8H4Cl2O/c9-5-1-2-8-6(3-5)7(10)4-11-8/h1-4H. The van der Waals surface area contributed by atoms with Gasteiger partial charge in [-0.15, -0.1) is 0 Å². The maximum atomic E-state index is 5.79. The molecule has 0 fully saturated rings. The molecule has 0 saturated heterocycles. The topological polar surface area (TPSA) is 13.1 Å². The van der Waals surface area contributed by atoms with Gasteiger partial charge in [-0.1, -0.05) is 23.2 Å². The molecule has 0 aliphatic carbocycles. The third kappa shape index (κ3) is 1.10. The largest absolute Gasteiger partial charge is 0.463 e. The highest BCUT2D eigenvalue weighted by Gasteiger charge is 2.02. The number of benzene rings is 1. The van der Waals surface area contributed by atoms with Crippen molar-refractivity contribution < 1.29 is 4.42 Å². The van der Waals surface area contributed by atoms with Crippen molar-refractivity contribution in [1.29, 1.82) is 0 Å². The highest BCUT2D eigenvalue weighted by atomic mass is 35.5. The Morgan fingerprint density at radius 1 is 1.18 bits per heavy atom. The lowest BCUT2D eigenvalue weighted by Gasteiger charge is -1.88. The summed E-state index contributed by atoms with van der Waals surface area (Å²) >= 11 is 11.5. The second kappa shape index (κ2) is 2.43. The van der Waals surface area contributed by atoms with Gasteiger partial charge in [0.15, 0.2) is 0 Å². The van der Waals surface area contributed by atoms with Crippen LogP contribution in [0.1, 0.15) is 0 Å². The average Bonchev–Trinajstić information content (AvgIpc) is 2.33. The number of furan rings is 1. The van der Waals surface area contributed by atoms with E-state index < -0.39 is 0 Å². The van der Waals surface area contributed by atoms with E-state index >= 15 is 0 Å². The van der Waals surface area contributed by atoms with Gasteiger partial charge in [-0.05, 0) is 18.2 Å². The van der Waals surface area contributed by atoms with Crippen molar-refractivity contribution in [2.24, 2.45) is 0 Å². The zero-order chi connectivity index (χ0) is 7.84. The molecule has 0 N–H and O–H groups in total. The molecule has 1 heterocycles. The molecule has 1 aromatic heterocycles. The highest BCUT2D eigenvalue weighted by molar-refractivity contribution is 6.36. The summed E-state index contributed by atoms with van der Waals surface area (Å²) in [5.74, 6) is 0. The van der Waals surface area contributed by atoms with Gasteiger partial charge in [0.25, 0.3) is 0 Å². The molecule has 0 bridgehead atoms. The summed E-state index contributed by atoms with van der Waals surface area (Å²) in [5, 5.41) is 2.13. The smallest absolute Gasteiger partial charge is 0.135 e. The maximum absolute atomic E-state index is 5.79. The number of halogens is 2. The van der Waals surface area contributed by atoms with Crippen molar-refractivity contribution in [3.05, 3.63) is 34.5 Å². The molecule has 0 saturated carbocycles. The van der Waals surface area contributed by atoms with E-state index in [1.165, 1.54) is 6.26 Å². The van der Waals surface area contributed by atoms with Crippen LogP contribution in [0.2, 0.25) is 10.0 Å². The van der Waals surface area contributed by atoms with Gasteiger partial charge in [0, 0.05) is 10.4 Å². The van der Waals surface area contributed by atoms with Crippen LogP contribution in [0.5, 0.6) is 0 Å². The minimum absolute atomic E-state index is 0.600. The number of rotatable bonds is 0. The first-order chi connectivity index (χ1) is 5.27. The fourth-order valence-electron chi connectivity index (χ4n) is 0.970. The second-order valence-corrected chi connectivity index (χ2v) is 3.07. The summed E-state index contributed by atoms with van der Waals surface area (Å²) in [7, 11) is 0. The van der Waals surface area contributed by atoms with Crippen molar-refractivity contribution in [2.75, 3.05) is 0 Å². The highest BCUT2D eigenvalue weighted by Crippen LogP contribution is 2.27. The van der Waals surface area contributed by atoms with Crippen LogP contribution in [0, 0.1) is 0 Å². The van der Waals surface area contributed by atoms with Crippen LogP contribution in [0.25, 0.3) is 11.0 Å². The molecule has 56 valence electrons. The Morgan fingerprint density at radius 2 is 2.00 bits per heavy atom. The summed E-state index contributed by atoms with van der Waals surface area (Å²) in [6, 6.07) is 5.34. The molecule has 0 aliphatic rings. The van der Waals surface area contributed by atoms with Gasteiger partial charge < -0.3 is 4.42 Å². The number of hydrogen-bond acceptors (Lipinski definition) is 1. The lowest BCUT2D eigenvalue weighted by Crippen LogP contribution is -1.64. The van der Waals surface area contributed by atoms with E-state index in [-0.39, 0.29) is 0 Å². The molecule has 3 heteroatoms. The first-order valence-corrected chi connectivity index (χ1v) is 3.85. The molecule has 0 amide bonds. The van der Waals surface area contributed by atoms with Gasteiger partial charge in [0.2, 0.25) is 0 Å². The molecular weight excluding hydrogens is 183 g/mol. The van der Waals surface area contributed by atoms with E-state index in [1.807, 2.05) is 0 Å². The van der Waals surface area contributed by atoms with Crippen LogP contribution in [0.3, 0.4) is 0 Å². The Hall–Kier alpha value is -0.660. The van der Waals surface area contributed by atoms with Crippen molar-refractivity contribution in [2.45, 2.75) is 0 Å². The fourth-order valence-corrected chi connectivity index (χ4v) is 1.33. The zero-order valence-corrected chi connectivity index (χ0v) is 6.99. The van der Waals surface area contributed by atoms with E-state index in [2.05, 4.69) is 0 Å². The number of fused-ring (bicyclic) bond motifs is 1. The van der Waals surface area contributed by atoms with Gasteiger partial charge in [0.1, 0.15) is 11.8 Å². The molecule has 0 atom stereocenters. The van der Waals surface area contributed by atoms with Crippen molar-refractivity contribution in [3.63, 3.8) is 0 Å². The van der Waals surface area contributed by atoms with Gasteiger partial charge in [0.05, 0.1) is 5.02 Å². The van der Waals surface area contributed by atoms with Gasteiger partial charge in [-0.3, -0.25) is 0 Å². The van der Waals surface area contributed by atoms with E-state index in [1.54, 1.807) is 18.2 Å². The van der Waals surface area contributed by atoms with E-state index in [4.69, 9.17) is 27.6 Å². The predicted octanol–water partition coefficient (Wildman–Crippen LogP) is 3.74. The van der Waals surface area contributed by atoms with Crippen LogP contribution in [-0.2, 0) is 0 Å². The molecule has 0 aliphatic heterocycles. The molecule has 2 aromatic rings. The number of hydrogen-bond donors (Lipinski definition) is 0. The van der Waals surface area contributed by atoms with Gasteiger partial charge in [-0.25, -0.2) is 0 Å². The van der Waals surface area contributed by atoms with Gasteiger partial charge in [-0.2, -0.15) is 0 Å². The molecule has 1 nitrogen and oxygen atoms in total. The normalized spacial score (nSPS) is 10.7. The molecular formula is C8H4Cl2O. The third-order valence-electron chi connectivity index (χ3n) is 1.49. The van der Waals surface area contributed by atoms with Crippen molar-refractivity contribution in [3.8, 4) is 0 Å². The molecule has 0 spiro atoms. The van der Waals surface area contributed by atoms with E-state index in [0.29, 0.717) is 10.0 Å². The van der Waals surface area contributed by atoms with Crippen molar-refractivity contribution in [1.82, 2.24) is 0 Å². The Morgan fingerprint density at radius 3 is 2.82 bits per heavy atom. The van der Waals surface area contributed by atoms with Crippen LogP contribution in [0.4, 0.5) is 0 Å². The minimum atomic E-state index is 0.600. The lowest BCUT2D eigenvalue weighted by atomic mass is 10.3. The first-order valence-electron chi connectivity index (χ1n) is 3.09. The molecule has 2 rings (SSSR count). The third-order valence-corrected chi connectivity index (χ3v) is 2.02. The summed E-state index contributed by atoms with van der Waals surface area (Å²) < 4.78 is 5.11. The molecule has 0 unspecified atom stereocenters. The Bertz CT molecular complexity index is 392. The van der Waals surface area contributed by atoms with Crippen molar-refractivity contribution >= 4 is 34.2 Å². The zero-order valence-electron chi connectivity index (χ0n) is 5.47. The van der Waals surface area contributed by atoms with E-state index in [0.717, 1.165) is 11.0 Å². The van der Waals surface area contributed by atoms with Gasteiger partial charge >= 0.3 is 0 Å². The Balaban J connectivity index is 2.87. The summed E-state index contributed by atoms with van der Waals surface area (Å²) in [6.45, 7) is 0. The minimum Gasteiger partial charge on any atom is -0.463 e. The predicted molar refractivity (Wildman–Crippen MR) is 46.2 cm³/mol. The average molecular weight is 187 g/mol. The molecule has 11 heavy (non-hydrogen) atoms. The lowest BCUT2D eigenvalue weighted by molar-refractivity contribution is 0.616. The van der Waals surface area contributed by atoms with Crippen LogP contribution in [-0.4, -0.2) is 0 Å². The Labute approximate surface area is 73.5 Å². The SMILES string of the molecule is Clc1ccc2occ(Cl)c2c1.